The van der Waals surface area contributed by atoms with E-state index in [1.54, 1.807) is 12.1 Å². The molecule has 1 unspecified atom stereocenters. The van der Waals surface area contributed by atoms with Crippen LogP contribution in [0.2, 0.25) is 0 Å². The molecular weight excluding hydrogens is 208 g/mol. The molecule has 16 heavy (non-hydrogen) atoms. The molecule has 5 heteroatoms. The molecule has 0 aliphatic rings. The molecular formula is C11H14N2O3. The molecule has 0 radical (unpaired) electrons. The third-order valence-corrected chi connectivity index (χ3v) is 2.48. The molecule has 0 bridgehead atoms. The monoisotopic (exact) mass is 222 g/mol. The summed E-state index contributed by atoms with van der Waals surface area (Å²) >= 11 is 0. The van der Waals surface area contributed by atoms with Crippen molar-refractivity contribution in [3.8, 4) is 0 Å². The number of aliphatic hydroxyl groups is 1. The number of benzene rings is 1. The van der Waals surface area contributed by atoms with Crippen LogP contribution >= 0.6 is 0 Å². The Bertz CT molecular complexity index is 529. The molecule has 0 saturated heterocycles. The number of H-pyrrole nitrogens is 1. The minimum atomic E-state index is -0.462. The molecule has 86 valence electrons. The summed E-state index contributed by atoms with van der Waals surface area (Å²) in [4.78, 5) is 13.5. The maximum atomic E-state index is 11.0. The quantitative estimate of drug-likeness (QED) is 0.713. The highest BCUT2D eigenvalue weighted by molar-refractivity contribution is 5.72. The summed E-state index contributed by atoms with van der Waals surface area (Å²) in [6, 6.07) is 5.26. The van der Waals surface area contributed by atoms with Crippen LogP contribution in [0.4, 0.5) is 0 Å². The van der Waals surface area contributed by atoms with E-state index < -0.39 is 5.76 Å². The third-order valence-electron chi connectivity index (χ3n) is 2.48. The first-order valence-corrected chi connectivity index (χ1v) is 5.21. The van der Waals surface area contributed by atoms with Gasteiger partial charge in [-0.1, -0.05) is 13.0 Å². The van der Waals surface area contributed by atoms with Gasteiger partial charge in [-0.05, 0) is 24.2 Å². The summed E-state index contributed by atoms with van der Waals surface area (Å²) in [5.41, 5.74) is 2.08. The van der Waals surface area contributed by atoms with E-state index in [1.165, 1.54) is 0 Å². The Hall–Kier alpha value is -1.59. The molecule has 5 nitrogen and oxygen atoms in total. The van der Waals surface area contributed by atoms with Crippen LogP contribution in [0.3, 0.4) is 0 Å². The topological polar surface area (TPSA) is 78.3 Å². The van der Waals surface area contributed by atoms with Gasteiger partial charge in [0.15, 0.2) is 5.58 Å². The fraction of sp³-hybridized carbons (Fsp3) is 0.364. The second-order valence-electron chi connectivity index (χ2n) is 3.56. The number of likely N-dealkylation sites (N-methyl/N-ethyl adjacent to an activating group) is 1. The summed E-state index contributed by atoms with van der Waals surface area (Å²) in [5.74, 6) is -0.462. The zero-order valence-electron chi connectivity index (χ0n) is 8.99. The van der Waals surface area contributed by atoms with Crippen LogP contribution in [0, 0.1) is 0 Å². The maximum absolute atomic E-state index is 11.0. The average molecular weight is 222 g/mol. The van der Waals surface area contributed by atoms with Crippen molar-refractivity contribution in [1.29, 1.82) is 0 Å². The Morgan fingerprint density at radius 3 is 3.06 bits per heavy atom. The summed E-state index contributed by atoms with van der Waals surface area (Å²) in [7, 11) is 0. The van der Waals surface area contributed by atoms with Gasteiger partial charge in [0.05, 0.1) is 18.2 Å². The molecule has 3 N–H and O–H groups in total. The SMILES string of the molecule is CCNC(CO)c1ccc2[nH]c(=O)oc2c1. The molecule has 0 saturated carbocycles. The number of nitrogens with one attached hydrogen (secondary N) is 2. The van der Waals surface area contributed by atoms with Crippen LogP contribution in [0.1, 0.15) is 18.5 Å². The van der Waals surface area contributed by atoms with Crippen molar-refractivity contribution in [2.75, 3.05) is 13.2 Å². The summed E-state index contributed by atoms with van der Waals surface area (Å²) in [6.07, 6.45) is 0. The van der Waals surface area contributed by atoms with Crippen molar-refractivity contribution >= 4 is 11.1 Å². The van der Waals surface area contributed by atoms with Crippen LogP contribution in [-0.2, 0) is 0 Å². The van der Waals surface area contributed by atoms with Gasteiger partial charge in [-0.15, -0.1) is 0 Å². The molecule has 0 amide bonds. The minimum absolute atomic E-state index is 0.00794. The second-order valence-corrected chi connectivity index (χ2v) is 3.56. The molecule has 0 spiro atoms. The van der Waals surface area contributed by atoms with Crippen LogP contribution in [0.25, 0.3) is 11.1 Å². The van der Waals surface area contributed by atoms with E-state index >= 15 is 0 Å². The summed E-state index contributed by atoms with van der Waals surface area (Å²) in [6.45, 7) is 2.74. The first-order valence-electron chi connectivity index (χ1n) is 5.21. The lowest BCUT2D eigenvalue weighted by atomic mass is 10.1. The maximum Gasteiger partial charge on any atom is 0.417 e. The first kappa shape index (κ1) is 10.9. The minimum Gasteiger partial charge on any atom is -0.408 e. The van der Waals surface area contributed by atoms with Gasteiger partial charge in [-0.2, -0.15) is 0 Å². The standard InChI is InChI=1S/C11H14N2O3/c1-2-12-9(6-14)7-3-4-8-10(5-7)16-11(15)13-8/h3-5,9,12,14H,2,6H2,1H3,(H,13,15). The Kier molecular flexibility index (Phi) is 3.07. The Morgan fingerprint density at radius 2 is 2.38 bits per heavy atom. The van der Waals surface area contributed by atoms with Gasteiger partial charge in [0.2, 0.25) is 0 Å². The zero-order chi connectivity index (χ0) is 11.5. The van der Waals surface area contributed by atoms with Crippen molar-refractivity contribution in [3.05, 3.63) is 34.3 Å². The first-order chi connectivity index (χ1) is 7.74. The van der Waals surface area contributed by atoms with E-state index in [-0.39, 0.29) is 12.6 Å². The van der Waals surface area contributed by atoms with Gasteiger partial charge in [-0.3, -0.25) is 4.98 Å². The molecule has 2 aromatic rings. The van der Waals surface area contributed by atoms with Crippen LogP contribution in [-0.4, -0.2) is 23.2 Å². The van der Waals surface area contributed by atoms with E-state index in [4.69, 9.17) is 4.42 Å². The van der Waals surface area contributed by atoms with E-state index in [1.807, 2.05) is 13.0 Å². The Balaban J connectivity index is 2.40. The predicted molar refractivity (Wildman–Crippen MR) is 60.3 cm³/mol. The number of oxazole rings is 1. The van der Waals surface area contributed by atoms with Crippen LogP contribution < -0.4 is 11.1 Å². The fourth-order valence-electron chi connectivity index (χ4n) is 1.71. The highest BCUT2D eigenvalue weighted by Gasteiger charge is 2.10. The second kappa shape index (κ2) is 4.51. The molecule has 0 fully saturated rings. The van der Waals surface area contributed by atoms with E-state index in [9.17, 15) is 9.90 Å². The highest BCUT2D eigenvalue weighted by atomic mass is 16.4. The largest absolute Gasteiger partial charge is 0.417 e. The van der Waals surface area contributed by atoms with Gasteiger partial charge in [0.25, 0.3) is 0 Å². The van der Waals surface area contributed by atoms with Crippen LogP contribution in [0.5, 0.6) is 0 Å². The molecule has 1 heterocycles. The number of aliphatic hydroxyl groups excluding tert-OH is 1. The average Bonchev–Trinajstić information content (AvgIpc) is 2.64. The van der Waals surface area contributed by atoms with Gasteiger partial charge in [-0.25, -0.2) is 4.79 Å². The van der Waals surface area contributed by atoms with Gasteiger partial charge in [0.1, 0.15) is 0 Å². The molecule has 1 aromatic carbocycles. The van der Waals surface area contributed by atoms with Crippen molar-refractivity contribution in [3.63, 3.8) is 0 Å². The van der Waals surface area contributed by atoms with E-state index in [0.29, 0.717) is 11.1 Å². The van der Waals surface area contributed by atoms with E-state index in [2.05, 4.69) is 10.3 Å². The van der Waals surface area contributed by atoms with Gasteiger partial charge in [0, 0.05) is 0 Å². The number of aromatic amines is 1. The molecule has 1 atom stereocenters. The van der Waals surface area contributed by atoms with Gasteiger partial charge >= 0.3 is 5.76 Å². The molecule has 1 aromatic heterocycles. The fourth-order valence-corrected chi connectivity index (χ4v) is 1.71. The number of hydrogen-bond acceptors (Lipinski definition) is 4. The Labute approximate surface area is 92.1 Å². The number of fused-ring (bicyclic) bond motifs is 1. The molecule has 0 aliphatic heterocycles. The lowest BCUT2D eigenvalue weighted by molar-refractivity contribution is 0.246. The third kappa shape index (κ3) is 2.00. The van der Waals surface area contributed by atoms with Crippen molar-refractivity contribution in [2.45, 2.75) is 13.0 Å². The van der Waals surface area contributed by atoms with Crippen molar-refractivity contribution in [2.24, 2.45) is 0 Å². The lowest BCUT2D eigenvalue weighted by Gasteiger charge is -2.14. The van der Waals surface area contributed by atoms with E-state index in [0.717, 1.165) is 12.1 Å². The highest BCUT2D eigenvalue weighted by Crippen LogP contribution is 2.18. The number of hydrogen-bond donors (Lipinski definition) is 3. The predicted octanol–water partition coefficient (Wildman–Crippen LogP) is 0.764. The molecule has 0 aliphatic carbocycles. The smallest absolute Gasteiger partial charge is 0.408 e. The van der Waals surface area contributed by atoms with Crippen molar-refractivity contribution < 1.29 is 9.52 Å². The Morgan fingerprint density at radius 1 is 1.56 bits per heavy atom. The number of aromatic nitrogens is 1. The normalized spacial score (nSPS) is 13.1. The number of rotatable bonds is 4. The van der Waals surface area contributed by atoms with Gasteiger partial charge < -0.3 is 14.8 Å². The lowest BCUT2D eigenvalue weighted by Crippen LogP contribution is -2.23. The zero-order valence-corrected chi connectivity index (χ0v) is 8.99. The van der Waals surface area contributed by atoms with Crippen LogP contribution in [0.15, 0.2) is 27.4 Å². The summed E-state index contributed by atoms with van der Waals surface area (Å²) < 4.78 is 4.96. The summed E-state index contributed by atoms with van der Waals surface area (Å²) in [5, 5.41) is 12.4. The van der Waals surface area contributed by atoms with Crippen molar-refractivity contribution in [1.82, 2.24) is 10.3 Å². The molecule has 2 rings (SSSR count).